The summed E-state index contributed by atoms with van der Waals surface area (Å²) in [6.07, 6.45) is -1.13. The highest BCUT2D eigenvalue weighted by Crippen LogP contribution is 2.27. The standard InChI is InChI=1S/C10H6BrF2N/c11-7-1-2-8-6(5-7)3-4-14-9(8)10(12)13/h1-5,10H. The molecule has 0 radical (unpaired) electrons. The molecule has 0 aliphatic heterocycles. The summed E-state index contributed by atoms with van der Waals surface area (Å²) in [4.78, 5) is 3.67. The summed E-state index contributed by atoms with van der Waals surface area (Å²) in [6.45, 7) is 0. The molecule has 0 N–H and O–H groups in total. The molecule has 0 spiro atoms. The van der Waals surface area contributed by atoms with Gasteiger partial charge < -0.3 is 0 Å². The molecule has 0 aliphatic carbocycles. The van der Waals surface area contributed by atoms with Crippen LogP contribution in [0.15, 0.2) is 34.9 Å². The van der Waals surface area contributed by atoms with Gasteiger partial charge in [0.2, 0.25) is 0 Å². The third kappa shape index (κ3) is 1.62. The molecule has 0 bridgehead atoms. The Hall–Kier alpha value is -1.03. The molecule has 0 atom stereocenters. The van der Waals surface area contributed by atoms with E-state index in [1.807, 2.05) is 0 Å². The minimum atomic E-state index is -2.53. The van der Waals surface area contributed by atoms with Crippen molar-refractivity contribution in [3.8, 4) is 0 Å². The monoisotopic (exact) mass is 257 g/mol. The molecular weight excluding hydrogens is 252 g/mol. The Labute approximate surface area is 87.9 Å². The van der Waals surface area contributed by atoms with Crippen LogP contribution in [0.4, 0.5) is 8.78 Å². The average Bonchev–Trinajstić information content (AvgIpc) is 2.16. The highest BCUT2D eigenvalue weighted by molar-refractivity contribution is 9.10. The summed E-state index contributed by atoms with van der Waals surface area (Å²) in [6, 6.07) is 6.89. The summed E-state index contributed by atoms with van der Waals surface area (Å²) in [5.74, 6) is 0. The van der Waals surface area contributed by atoms with E-state index in [1.165, 1.54) is 6.20 Å². The van der Waals surface area contributed by atoms with Crippen LogP contribution >= 0.6 is 15.9 Å². The van der Waals surface area contributed by atoms with E-state index in [0.29, 0.717) is 5.39 Å². The van der Waals surface area contributed by atoms with E-state index in [9.17, 15) is 8.78 Å². The molecule has 0 saturated heterocycles. The van der Waals surface area contributed by atoms with Gasteiger partial charge in [-0.2, -0.15) is 0 Å². The molecule has 0 aliphatic rings. The van der Waals surface area contributed by atoms with Crippen molar-refractivity contribution in [2.24, 2.45) is 0 Å². The Morgan fingerprint density at radius 2 is 2.00 bits per heavy atom. The second-order valence-corrected chi connectivity index (χ2v) is 3.78. The van der Waals surface area contributed by atoms with E-state index in [1.54, 1.807) is 24.3 Å². The molecule has 0 saturated carbocycles. The maximum atomic E-state index is 12.5. The molecule has 14 heavy (non-hydrogen) atoms. The summed E-state index contributed by atoms with van der Waals surface area (Å²) < 4.78 is 25.9. The van der Waals surface area contributed by atoms with Crippen molar-refractivity contribution in [2.45, 2.75) is 6.43 Å². The number of halogens is 3. The summed E-state index contributed by atoms with van der Waals surface area (Å²) >= 11 is 3.29. The fourth-order valence-electron chi connectivity index (χ4n) is 1.35. The largest absolute Gasteiger partial charge is 0.280 e. The number of pyridine rings is 1. The van der Waals surface area contributed by atoms with E-state index >= 15 is 0 Å². The third-order valence-electron chi connectivity index (χ3n) is 1.96. The van der Waals surface area contributed by atoms with Crippen molar-refractivity contribution in [1.82, 2.24) is 4.98 Å². The molecule has 2 aromatic rings. The molecule has 0 fully saturated rings. The van der Waals surface area contributed by atoms with E-state index in [4.69, 9.17) is 0 Å². The Morgan fingerprint density at radius 1 is 1.21 bits per heavy atom. The molecule has 2 rings (SSSR count). The molecule has 4 heteroatoms. The minimum Gasteiger partial charge on any atom is -0.255 e. The van der Waals surface area contributed by atoms with Crippen molar-refractivity contribution in [3.05, 3.63) is 40.6 Å². The first-order chi connectivity index (χ1) is 6.68. The zero-order chi connectivity index (χ0) is 10.1. The van der Waals surface area contributed by atoms with Gasteiger partial charge in [0.15, 0.2) is 0 Å². The minimum absolute atomic E-state index is 0.157. The Kier molecular flexibility index (Phi) is 2.46. The van der Waals surface area contributed by atoms with E-state index < -0.39 is 6.43 Å². The number of benzene rings is 1. The zero-order valence-corrected chi connectivity index (χ0v) is 8.63. The van der Waals surface area contributed by atoms with Gasteiger partial charge in [0, 0.05) is 16.1 Å². The van der Waals surface area contributed by atoms with Gasteiger partial charge in [-0.25, -0.2) is 8.78 Å². The van der Waals surface area contributed by atoms with Gasteiger partial charge in [0.05, 0.1) is 0 Å². The van der Waals surface area contributed by atoms with E-state index in [2.05, 4.69) is 20.9 Å². The zero-order valence-electron chi connectivity index (χ0n) is 7.05. The first kappa shape index (κ1) is 9.52. The summed E-state index contributed by atoms with van der Waals surface area (Å²) in [7, 11) is 0. The maximum absolute atomic E-state index is 12.5. The molecule has 72 valence electrons. The van der Waals surface area contributed by atoms with Gasteiger partial charge in [-0.15, -0.1) is 0 Å². The van der Waals surface area contributed by atoms with Crippen LogP contribution in [0.1, 0.15) is 12.1 Å². The van der Waals surface area contributed by atoms with Gasteiger partial charge in [0.25, 0.3) is 6.43 Å². The third-order valence-corrected chi connectivity index (χ3v) is 2.46. The summed E-state index contributed by atoms with van der Waals surface area (Å²) in [5, 5.41) is 1.27. The Balaban J connectivity index is 2.75. The number of hydrogen-bond donors (Lipinski definition) is 0. The van der Waals surface area contributed by atoms with E-state index in [-0.39, 0.29) is 5.69 Å². The number of hydrogen-bond acceptors (Lipinski definition) is 1. The lowest BCUT2D eigenvalue weighted by Crippen LogP contribution is -1.90. The summed E-state index contributed by atoms with van der Waals surface area (Å²) in [5.41, 5.74) is -0.157. The average molecular weight is 258 g/mol. The highest BCUT2D eigenvalue weighted by atomic mass is 79.9. The Morgan fingerprint density at radius 3 is 2.71 bits per heavy atom. The van der Waals surface area contributed by atoms with Crippen molar-refractivity contribution >= 4 is 26.7 Å². The maximum Gasteiger partial charge on any atom is 0.280 e. The molecular formula is C10H6BrF2N. The van der Waals surface area contributed by atoms with Crippen LogP contribution in [0.2, 0.25) is 0 Å². The fourth-order valence-corrected chi connectivity index (χ4v) is 1.72. The lowest BCUT2D eigenvalue weighted by molar-refractivity contribution is 0.148. The number of nitrogens with zero attached hydrogens (tertiary/aromatic N) is 1. The second-order valence-electron chi connectivity index (χ2n) is 2.86. The van der Waals surface area contributed by atoms with Crippen molar-refractivity contribution in [1.29, 1.82) is 0 Å². The van der Waals surface area contributed by atoms with Crippen LogP contribution in [0.5, 0.6) is 0 Å². The predicted molar refractivity (Wildman–Crippen MR) is 54.4 cm³/mol. The highest BCUT2D eigenvalue weighted by Gasteiger charge is 2.12. The number of fused-ring (bicyclic) bond motifs is 1. The predicted octanol–water partition coefficient (Wildman–Crippen LogP) is 3.93. The van der Waals surface area contributed by atoms with Crippen LogP contribution in [0.3, 0.4) is 0 Å². The lowest BCUT2D eigenvalue weighted by atomic mass is 10.1. The first-order valence-corrected chi connectivity index (χ1v) is 4.80. The smallest absolute Gasteiger partial charge is 0.255 e. The van der Waals surface area contributed by atoms with Gasteiger partial charge in [-0.3, -0.25) is 4.98 Å². The van der Waals surface area contributed by atoms with Crippen LogP contribution in [0.25, 0.3) is 10.8 Å². The van der Waals surface area contributed by atoms with Crippen LogP contribution in [-0.2, 0) is 0 Å². The quantitative estimate of drug-likeness (QED) is 0.755. The number of alkyl halides is 2. The number of aromatic nitrogens is 1. The van der Waals surface area contributed by atoms with Crippen LogP contribution in [0, 0.1) is 0 Å². The van der Waals surface area contributed by atoms with E-state index in [0.717, 1.165) is 9.86 Å². The molecule has 0 amide bonds. The lowest BCUT2D eigenvalue weighted by Gasteiger charge is -2.04. The van der Waals surface area contributed by atoms with Gasteiger partial charge in [-0.05, 0) is 23.6 Å². The van der Waals surface area contributed by atoms with Crippen LogP contribution < -0.4 is 0 Å². The molecule has 1 nitrogen and oxygen atoms in total. The fraction of sp³-hybridized carbons (Fsp3) is 0.100. The first-order valence-electron chi connectivity index (χ1n) is 4.01. The van der Waals surface area contributed by atoms with Crippen molar-refractivity contribution in [2.75, 3.05) is 0 Å². The SMILES string of the molecule is FC(F)c1nccc2cc(Br)ccc12. The van der Waals surface area contributed by atoms with Gasteiger partial charge >= 0.3 is 0 Å². The van der Waals surface area contributed by atoms with Gasteiger partial charge in [0.1, 0.15) is 5.69 Å². The topological polar surface area (TPSA) is 12.9 Å². The second kappa shape index (κ2) is 3.61. The molecule has 1 heterocycles. The molecule has 1 aromatic carbocycles. The van der Waals surface area contributed by atoms with Crippen LogP contribution in [-0.4, -0.2) is 4.98 Å². The van der Waals surface area contributed by atoms with Gasteiger partial charge in [-0.1, -0.05) is 22.0 Å². The molecule has 0 unspecified atom stereocenters. The van der Waals surface area contributed by atoms with Crippen molar-refractivity contribution < 1.29 is 8.78 Å². The van der Waals surface area contributed by atoms with Crippen molar-refractivity contribution in [3.63, 3.8) is 0 Å². The normalized spacial score (nSPS) is 11.1. The molecule has 1 aromatic heterocycles. The number of rotatable bonds is 1. The Bertz CT molecular complexity index is 471.